The molecule has 1 saturated heterocycles. The van der Waals surface area contributed by atoms with E-state index in [1.807, 2.05) is 0 Å². The molecule has 1 aliphatic heterocycles. The van der Waals surface area contributed by atoms with Crippen LogP contribution < -0.4 is 0 Å². The highest BCUT2D eigenvalue weighted by molar-refractivity contribution is 5.98. The number of amides is 2. The van der Waals surface area contributed by atoms with Crippen LogP contribution in [0.1, 0.15) is 20.8 Å². The van der Waals surface area contributed by atoms with Crippen molar-refractivity contribution in [1.29, 1.82) is 0 Å². The number of morpholine rings is 1. The highest BCUT2D eigenvalue weighted by atomic mass is 16.6. The first kappa shape index (κ1) is 14.4. The fraction of sp³-hybridized carbons (Fsp3) is 0.727. The summed E-state index contributed by atoms with van der Waals surface area (Å²) < 4.78 is 14.5. The van der Waals surface area contributed by atoms with Gasteiger partial charge >= 0.3 is 12.1 Å². The Morgan fingerprint density at radius 2 is 2.00 bits per heavy atom. The number of carbonyl (C=O) groups excluding carboxylic acids is 3. The third-order valence-corrected chi connectivity index (χ3v) is 2.15. The Morgan fingerprint density at radius 3 is 2.50 bits per heavy atom. The number of imide groups is 1. The number of hydrogen-bond donors (Lipinski definition) is 0. The van der Waals surface area contributed by atoms with Gasteiger partial charge in [-0.05, 0) is 20.8 Å². The predicted octanol–water partition coefficient (Wildman–Crippen LogP) is 0.322. The second kappa shape index (κ2) is 5.34. The number of carbonyl (C=O) groups is 3. The van der Waals surface area contributed by atoms with Gasteiger partial charge in [-0.1, -0.05) is 0 Å². The van der Waals surface area contributed by atoms with E-state index >= 15 is 0 Å². The van der Waals surface area contributed by atoms with E-state index in [1.54, 1.807) is 20.8 Å². The average molecular weight is 259 g/mol. The molecule has 102 valence electrons. The maximum absolute atomic E-state index is 11.9. The van der Waals surface area contributed by atoms with E-state index in [9.17, 15) is 14.4 Å². The smallest absolute Gasteiger partial charge is 0.418 e. The first-order valence-corrected chi connectivity index (χ1v) is 5.47. The zero-order chi connectivity index (χ0) is 13.9. The lowest BCUT2D eigenvalue weighted by atomic mass is 10.2. The number of rotatable bonds is 1. The lowest BCUT2D eigenvalue weighted by molar-refractivity contribution is -0.163. The monoisotopic (exact) mass is 259 g/mol. The summed E-state index contributed by atoms with van der Waals surface area (Å²) in [5, 5.41) is 0. The first-order chi connectivity index (χ1) is 8.26. The molecule has 0 spiro atoms. The lowest BCUT2D eigenvalue weighted by Gasteiger charge is -2.33. The molecule has 0 aromatic rings. The largest absolute Gasteiger partial charge is 0.467 e. The third-order valence-electron chi connectivity index (χ3n) is 2.15. The normalized spacial score (nSPS) is 20.6. The highest BCUT2D eigenvalue weighted by Gasteiger charge is 2.41. The van der Waals surface area contributed by atoms with E-state index in [0.29, 0.717) is 0 Å². The second-order valence-electron chi connectivity index (χ2n) is 4.80. The molecule has 0 aromatic heterocycles. The standard InChI is InChI=1S/C11H17NO6/c1-11(2,3)18-10(15)12-7(9(14)16-4)5-17-6-8(12)13/h7H,5-6H2,1-4H3/t7-/m1/s1. The van der Waals surface area contributed by atoms with Crippen molar-refractivity contribution >= 4 is 18.0 Å². The summed E-state index contributed by atoms with van der Waals surface area (Å²) in [6.07, 6.45) is -0.869. The van der Waals surface area contributed by atoms with Gasteiger partial charge in [-0.15, -0.1) is 0 Å². The molecule has 1 rings (SSSR count). The first-order valence-electron chi connectivity index (χ1n) is 5.47. The van der Waals surface area contributed by atoms with Gasteiger partial charge < -0.3 is 14.2 Å². The molecular formula is C11H17NO6. The third kappa shape index (κ3) is 3.43. The molecule has 1 heterocycles. The molecule has 2 amide bonds. The number of esters is 1. The van der Waals surface area contributed by atoms with Crippen molar-refractivity contribution in [2.24, 2.45) is 0 Å². The van der Waals surface area contributed by atoms with Crippen molar-refractivity contribution in [1.82, 2.24) is 4.90 Å². The Balaban J connectivity index is 2.88. The van der Waals surface area contributed by atoms with Crippen LogP contribution >= 0.6 is 0 Å². The van der Waals surface area contributed by atoms with Gasteiger partial charge in [-0.3, -0.25) is 4.79 Å². The van der Waals surface area contributed by atoms with Crippen LogP contribution in [0.3, 0.4) is 0 Å². The summed E-state index contributed by atoms with van der Waals surface area (Å²) >= 11 is 0. The fourth-order valence-corrected chi connectivity index (χ4v) is 1.43. The Kier molecular flexibility index (Phi) is 4.28. The summed E-state index contributed by atoms with van der Waals surface area (Å²) in [5.74, 6) is -1.33. The average Bonchev–Trinajstić information content (AvgIpc) is 2.25. The van der Waals surface area contributed by atoms with E-state index < -0.39 is 29.6 Å². The molecule has 0 radical (unpaired) electrons. The minimum atomic E-state index is -1.09. The van der Waals surface area contributed by atoms with Crippen LogP contribution in [0.4, 0.5) is 4.79 Å². The van der Waals surface area contributed by atoms with Crippen molar-refractivity contribution in [3.63, 3.8) is 0 Å². The molecule has 0 N–H and O–H groups in total. The number of ether oxygens (including phenoxy) is 3. The summed E-state index contributed by atoms with van der Waals surface area (Å²) in [4.78, 5) is 35.8. The van der Waals surface area contributed by atoms with Crippen LogP contribution in [0, 0.1) is 0 Å². The number of nitrogens with zero attached hydrogens (tertiary/aromatic N) is 1. The minimum absolute atomic E-state index is 0.0857. The molecule has 0 unspecified atom stereocenters. The zero-order valence-electron chi connectivity index (χ0n) is 10.9. The van der Waals surface area contributed by atoms with E-state index in [-0.39, 0.29) is 13.2 Å². The quantitative estimate of drug-likeness (QED) is 0.631. The topological polar surface area (TPSA) is 82.1 Å². The summed E-state index contributed by atoms with van der Waals surface area (Å²) in [5.41, 5.74) is -0.754. The van der Waals surface area contributed by atoms with E-state index in [4.69, 9.17) is 9.47 Å². The summed E-state index contributed by atoms with van der Waals surface area (Å²) in [6.45, 7) is 4.67. The maximum Gasteiger partial charge on any atom is 0.418 e. The molecule has 0 aliphatic carbocycles. The molecule has 1 aliphatic rings. The van der Waals surface area contributed by atoms with Gasteiger partial charge in [0.15, 0.2) is 6.04 Å². The number of hydrogen-bond acceptors (Lipinski definition) is 6. The van der Waals surface area contributed by atoms with Crippen LogP contribution in [0.25, 0.3) is 0 Å². The summed E-state index contributed by atoms with van der Waals surface area (Å²) in [6, 6.07) is -1.09. The van der Waals surface area contributed by atoms with Crippen LogP contribution in [0.15, 0.2) is 0 Å². The SMILES string of the molecule is COC(=O)[C@H]1COCC(=O)N1C(=O)OC(C)(C)C. The zero-order valence-corrected chi connectivity index (χ0v) is 10.9. The molecular weight excluding hydrogens is 242 g/mol. The molecule has 1 atom stereocenters. The van der Waals surface area contributed by atoms with Gasteiger partial charge in [0, 0.05) is 0 Å². The summed E-state index contributed by atoms with van der Waals surface area (Å²) in [7, 11) is 1.18. The van der Waals surface area contributed by atoms with Crippen molar-refractivity contribution in [3.8, 4) is 0 Å². The van der Waals surface area contributed by atoms with Gasteiger partial charge in [-0.2, -0.15) is 0 Å². The maximum atomic E-state index is 11.9. The molecule has 1 fully saturated rings. The van der Waals surface area contributed by atoms with Crippen LogP contribution in [-0.2, 0) is 23.8 Å². The van der Waals surface area contributed by atoms with E-state index in [1.165, 1.54) is 7.11 Å². The van der Waals surface area contributed by atoms with Gasteiger partial charge in [0.05, 0.1) is 13.7 Å². The molecule has 0 aromatic carbocycles. The van der Waals surface area contributed by atoms with Gasteiger partial charge in [0.1, 0.15) is 12.2 Å². The van der Waals surface area contributed by atoms with Crippen molar-refractivity contribution in [3.05, 3.63) is 0 Å². The molecule has 7 heteroatoms. The highest BCUT2D eigenvalue weighted by Crippen LogP contribution is 2.16. The van der Waals surface area contributed by atoms with Crippen LogP contribution in [0.5, 0.6) is 0 Å². The van der Waals surface area contributed by atoms with E-state index in [0.717, 1.165) is 4.90 Å². The minimum Gasteiger partial charge on any atom is -0.467 e. The van der Waals surface area contributed by atoms with Crippen molar-refractivity contribution < 1.29 is 28.6 Å². The van der Waals surface area contributed by atoms with Crippen molar-refractivity contribution in [2.75, 3.05) is 20.3 Å². The number of methoxy groups -OCH3 is 1. The Morgan fingerprint density at radius 1 is 1.39 bits per heavy atom. The van der Waals surface area contributed by atoms with E-state index in [2.05, 4.69) is 4.74 Å². The van der Waals surface area contributed by atoms with Gasteiger partial charge in [0.2, 0.25) is 0 Å². The molecule has 18 heavy (non-hydrogen) atoms. The van der Waals surface area contributed by atoms with Crippen LogP contribution in [-0.4, -0.2) is 54.8 Å². The second-order valence-corrected chi connectivity index (χ2v) is 4.80. The fourth-order valence-electron chi connectivity index (χ4n) is 1.43. The lowest BCUT2D eigenvalue weighted by Crippen LogP contribution is -2.57. The molecule has 0 bridgehead atoms. The Bertz CT molecular complexity index is 359. The Hall–Kier alpha value is -1.63. The Labute approximate surface area is 105 Å². The van der Waals surface area contributed by atoms with Gasteiger partial charge in [0.25, 0.3) is 5.91 Å². The van der Waals surface area contributed by atoms with Crippen LogP contribution in [0.2, 0.25) is 0 Å². The van der Waals surface area contributed by atoms with Crippen molar-refractivity contribution in [2.45, 2.75) is 32.4 Å². The van der Waals surface area contributed by atoms with Gasteiger partial charge in [-0.25, -0.2) is 14.5 Å². The molecule has 7 nitrogen and oxygen atoms in total. The molecule has 0 saturated carbocycles. The predicted molar refractivity (Wildman–Crippen MR) is 59.7 cm³/mol.